The molecule has 2 aliphatic rings. The van der Waals surface area contributed by atoms with Gasteiger partial charge in [-0.05, 0) is 30.2 Å². The Morgan fingerprint density at radius 2 is 1.94 bits per heavy atom. The van der Waals surface area contributed by atoms with E-state index in [4.69, 9.17) is 9.47 Å². The smallest absolute Gasteiger partial charge is 0.260 e. The van der Waals surface area contributed by atoms with Gasteiger partial charge in [0, 0.05) is 18.9 Å². The molecule has 0 aromatic carbocycles. The van der Waals surface area contributed by atoms with E-state index in [-0.39, 0.29) is 0 Å². The van der Waals surface area contributed by atoms with E-state index < -0.39 is 0 Å². The van der Waals surface area contributed by atoms with Gasteiger partial charge < -0.3 is 14.8 Å². The molecule has 2 aromatic heterocycles. The number of rotatable bonds is 0. The van der Waals surface area contributed by atoms with Gasteiger partial charge in [0.15, 0.2) is 5.75 Å². The Balaban J connectivity index is 0.000000111. The lowest BCUT2D eigenvalue weighted by Gasteiger charge is -1.93. The van der Waals surface area contributed by atoms with Gasteiger partial charge in [0.2, 0.25) is 6.79 Å². The van der Waals surface area contributed by atoms with Gasteiger partial charge in [-0.2, -0.15) is 0 Å². The molecule has 18 heavy (non-hydrogen) atoms. The Kier molecular flexibility index (Phi) is 2.96. The number of anilines is 1. The highest BCUT2D eigenvalue weighted by molar-refractivity contribution is 5.48. The van der Waals surface area contributed by atoms with Crippen molar-refractivity contribution in [2.24, 2.45) is 0 Å². The molecule has 0 fully saturated rings. The average molecular weight is 243 g/mol. The maximum absolute atomic E-state index is 5.01. The molecule has 0 saturated heterocycles. The predicted octanol–water partition coefficient (Wildman–Crippen LogP) is 1.86. The van der Waals surface area contributed by atoms with E-state index in [2.05, 4.69) is 21.4 Å². The van der Waals surface area contributed by atoms with Crippen LogP contribution in [0.4, 0.5) is 5.82 Å². The van der Waals surface area contributed by atoms with Gasteiger partial charge >= 0.3 is 0 Å². The van der Waals surface area contributed by atoms with Gasteiger partial charge in [0.25, 0.3) is 5.88 Å². The number of ether oxygens (including phenoxy) is 2. The Morgan fingerprint density at radius 3 is 2.83 bits per heavy atom. The summed E-state index contributed by atoms with van der Waals surface area (Å²) in [7, 11) is 0. The topological polar surface area (TPSA) is 56.3 Å². The van der Waals surface area contributed by atoms with Crippen LogP contribution >= 0.6 is 0 Å². The number of nitrogens with one attached hydrogen (secondary N) is 1. The van der Waals surface area contributed by atoms with Crippen LogP contribution < -0.4 is 14.8 Å². The van der Waals surface area contributed by atoms with Crippen molar-refractivity contribution in [3.05, 3.63) is 42.2 Å². The van der Waals surface area contributed by atoms with Gasteiger partial charge in [0.1, 0.15) is 5.82 Å². The van der Waals surface area contributed by atoms with E-state index in [0.717, 1.165) is 24.5 Å². The second kappa shape index (κ2) is 4.91. The van der Waals surface area contributed by atoms with Gasteiger partial charge in [0.05, 0.1) is 0 Å². The Bertz CT molecular complexity index is 450. The Morgan fingerprint density at radius 1 is 1.06 bits per heavy atom. The minimum absolute atomic E-state index is 0.298. The van der Waals surface area contributed by atoms with Crippen LogP contribution in [0, 0.1) is 0 Å². The first kappa shape index (κ1) is 10.8. The zero-order chi connectivity index (χ0) is 12.2. The summed E-state index contributed by atoms with van der Waals surface area (Å²) in [6.45, 7) is 1.35. The quantitative estimate of drug-likeness (QED) is 0.765. The zero-order valence-corrected chi connectivity index (χ0v) is 9.80. The van der Waals surface area contributed by atoms with Crippen molar-refractivity contribution in [2.75, 3.05) is 18.7 Å². The molecule has 0 saturated carbocycles. The normalized spacial score (nSPS) is 14.2. The molecule has 2 aliphatic heterocycles. The van der Waals surface area contributed by atoms with Gasteiger partial charge in [-0.15, -0.1) is 0 Å². The van der Waals surface area contributed by atoms with Crippen molar-refractivity contribution in [3.63, 3.8) is 0 Å². The molecule has 0 bridgehead atoms. The first-order valence-corrected chi connectivity index (χ1v) is 5.82. The summed E-state index contributed by atoms with van der Waals surface area (Å²) in [5.74, 6) is 2.40. The monoisotopic (exact) mass is 243 g/mol. The third kappa shape index (κ3) is 2.20. The standard InChI is InChI=1S/C7H8N2.C6H5NO2/c1-2-6-3-5-9-7(6)8-4-1;1-2-5-6(7-3-1)9-4-8-5/h1-2,4H,3,5H2,(H,8,9);1-3H,4H2. The summed E-state index contributed by atoms with van der Waals surface area (Å²) in [5, 5.41) is 3.19. The maximum atomic E-state index is 5.01. The fourth-order valence-corrected chi connectivity index (χ4v) is 1.86. The summed E-state index contributed by atoms with van der Waals surface area (Å²) in [5.41, 5.74) is 1.34. The van der Waals surface area contributed by atoms with E-state index in [0.29, 0.717) is 12.7 Å². The summed E-state index contributed by atoms with van der Waals surface area (Å²) < 4.78 is 9.98. The lowest BCUT2D eigenvalue weighted by atomic mass is 10.2. The van der Waals surface area contributed by atoms with Crippen molar-refractivity contribution in [3.8, 4) is 11.6 Å². The fraction of sp³-hybridized carbons (Fsp3) is 0.231. The summed E-state index contributed by atoms with van der Waals surface area (Å²) in [6.07, 6.45) is 4.62. The largest absolute Gasteiger partial charge is 0.452 e. The van der Waals surface area contributed by atoms with Gasteiger partial charge in [-0.1, -0.05) is 6.07 Å². The van der Waals surface area contributed by atoms with E-state index in [1.54, 1.807) is 6.20 Å². The highest BCUT2D eigenvalue weighted by Crippen LogP contribution is 2.27. The van der Waals surface area contributed by atoms with Gasteiger partial charge in [-0.25, -0.2) is 9.97 Å². The van der Waals surface area contributed by atoms with Gasteiger partial charge in [-0.3, -0.25) is 0 Å². The number of nitrogens with zero attached hydrogens (tertiary/aromatic N) is 2. The minimum atomic E-state index is 0.298. The van der Waals surface area contributed by atoms with E-state index in [1.165, 1.54) is 5.56 Å². The first-order valence-electron chi connectivity index (χ1n) is 5.82. The molecule has 0 unspecified atom stereocenters. The van der Waals surface area contributed by atoms with E-state index >= 15 is 0 Å². The average Bonchev–Trinajstić information content (AvgIpc) is 3.08. The number of hydrogen-bond acceptors (Lipinski definition) is 5. The number of aromatic nitrogens is 2. The van der Waals surface area contributed by atoms with Crippen LogP contribution in [0.2, 0.25) is 0 Å². The van der Waals surface area contributed by atoms with Crippen molar-refractivity contribution in [1.82, 2.24) is 9.97 Å². The second-order valence-electron chi connectivity index (χ2n) is 3.90. The molecule has 4 heterocycles. The predicted molar refractivity (Wildman–Crippen MR) is 66.8 cm³/mol. The van der Waals surface area contributed by atoms with Crippen LogP contribution in [0.1, 0.15) is 5.56 Å². The molecule has 1 N–H and O–H groups in total. The zero-order valence-electron chi connectivity index (χ0n) is 9.80. The molecule has 5 heteroatoms. The summed E-state index contributed by atoms with van der Waals surface area (Å²) in [4.78, 5) is 8.06. The third-order valence-corrected chi connectivity index (χ3v) is 2.72. The number of fused-ring (bicyclic) bond motifs is 2. The molecule has 0 atom stereocenters. The highest BCUT2D eigenvalue weighted by Gasteiger charge is 2.11. The fourth-order valence-electron chi connectivity index (χ4n) is 1.86. The van der Waals surface area contributed by atoms with Crippen molar-refractivity contribution >= 4 is 5.82 Å². The van der Waals surface area contributed by atoms with Crippen molar-refractivity contribution in [1.29, 1.82) is 0 Å². The highest BCUT2D eigenvalue weighted by atomic mass is 16.7. The van der Waals surface area contributed by atoms with E-state index in [9.17, 15) is 0 Å². The molecule has 2 aromatic rings. The van der Waals surface area contributed by atoms with Crippen LogP contribution in [-0.2, 0) is 6.42 Å². The van der Waals surface area contributed by atoms with Crippen LogP contribution in [0.5, 0.6) is 11.6 Å². The first-order chi connectivity index (χ1) is 8.93. The van der Waals surface area contributed by atoms with Crippen LogP contribution in [-0.4, -0.2) is 23.3 Å². The third-order valence-electron chi connectivity index (χ3n) is 2.72. The molecule has 0 amide bonds. The van der Waals surface area contributed by atoms with Crippen molar-refractivity contribution in [2.45, 2.75) is 6.42 Å². The number of pyridine rings is 2. The molecule has 0 aliphatic carbocycles. The minimum Gasteiger partial charge on any atom is -0.452 e. The molecule has 92 valence electrons. The molecule has 0 radical (unpaired) electrons. The SMILES string of the molecule is c1cnc2c(c1)CCN2.c1cnc2c(c1)OCO2. The molecule has 5 nitrogen and oxygen atoms in total. The molecule has 4 rings (SSSR count). The molecular formula is C13H13N3O2. The molecular weight excluding hydrogens is 230 g/mol. The summed E-state index contributed by atoms with van der Waals surface area (Å²) in [6, 6.07) is 7.73. The lowest BCUT2D eigenvalue weighted by molar-refractivity contribution is 0.171. The van der Waals surface area contributed by atoms with Crippen LogP contribution in [0.15, 0.2) is 36.7 Å². The van der Waals surface area contributed by atoms with Crippen LogP contribution in [0.25, 0.3) is 0 Å². The van der Waals surface area contributed by atoms with Crippen LogP contribution in [0.3, 0.4) is 0 Å². The van der Waals surface area contributed by atoms with Crippen molar-refractivity contribution < 1.29 is 9.47 Å². The second-order valence-corrected chi connectivity index (χ2v) is 3.90. The Labute approximate surface area is 105 Å². The maximum Gasteiger partial charge on any atom is 0.260 e. The van der Waals surface area contributed by atoms with E-state index in [1.807, 2.05) is 24.4 Å². The Hall–Kier alpha value is -2.30. The summed E-state index contributed by atoms with van der Waals surface area (Å²) >= 11 is 0. The number of hydrogen-bond donors (Lipinski definition) is 1. The molecule has 0 spiro atoms. The lowest BCUT2D eigenvalue weighted by Crippen LogP contribution is -1.93.